The molecule has 6 nitrogen and oxygen atoms in total. The summed E-state index contributed by atoms with van der Waals surface area (Å²) < 4.78 is 1.63. The molecule has 0 aromatic carbocycles. The van der Waals surface area contributed by atoms with Gasteiger partial charge in [-0.15, -0.1) is 0 Å². The molecule has 2 aromatic heterocycles. The van der Waals surface area contributed by atoms with Crippen molar-refractivity contribution in [3.05, 3.63) is 42.0 Å². The number of hydrogen-bond donors (Lipinski definition) is 1. The predicted molar refractivity (Wildman–Crippen MR) is 76.6 cm³/mol. The quantitative estimate of drug-likeness (QED) is 0.913. The summed E-state index contributed by atoms with van der Waals surface area (Å²) in [6, 6.07) is 5.43. The van der Waals surface area contributed by atoms with Crippen LogP contribution in [0.3, 0.4) is 0 Å². The third-order valence-corrected chi connectivity index (χ3v) is 3.07. The number of carbonyl (C=O) groups is 1. The lowest BCUT2D eigenvalue weighted by Crippen LogP contribution is -2.22. The zero-order valence-electron chi connectivity index (χ0n) is 11.9. The smallest absolute Gasteiger partial charge is 0.273 e. The van der Waals surface area contributed by atoms with Crippen molar-refractivity contribution in [3.8, 4) is 5.69 Å². The first-order valence-electron chi connectivity index (χ1n) is 6.52. The maximum atomic E-state index is 11.8. The monoisotopic (exact) mass is 273 g/mol. The highest BCUT2D eigenvalue weighted by Crippen LogP contribution is 2.13. The van der Waals surface area contributed by atoms with Crippen LogP contribution in [0, 0.1) is 0 Å². The molecule has 0 bridgehead atoms. The number of amides is 1. The Labute approximate surface area is 118 Å². The maximum absolute atomic E-state index is 11.8. The van der Waals surface area contributed by atoms with E-state index in [0.717, 1.165) is 17.8 Å². The standard InChI is InChI=1S/C14H19N5O/c1-4-11(15)12-6-5-10(9-16-12)19-8-7-13(17-19)14(20)18(2)3/h5-9,11H,4,15H2,1-3H3/t11-/m0/s1. The summed E-state index contributed by atoms with van der Waals surface area (Å²) in [6.07, 6.45) is 4.30. The van der Waals surface area contributed by atoms with Gasteiger partial charge in [0.05, 0.1) is 17.6 Å². The summed E-state index contributed by atoms with van der Waals surface area (Å²) >= 11 is 0. The van der Waals surface area contributed by atoms with E-state index in [0.29, 0.717) is 5.69 Å². The summed E-state index contributed by atoms with van der Waals surface area (Å²) in [7, 11) is 3.40. The summed E-state index contributed by atoms with van der Waals surface area (Å²) in [5.74, 6) is -0.124. The normalized spacial score (nSPS) is 12.2. The summed E-state index contributed by atoms with van der Waals surface area (Å²) in [5, 5.41) is 4.25. The highest BCUT2D eigenvalue weighted by Gasteiger charge is 2.12. The minimum absolute atomic E-state index is 0.0486. The molecule has 0 aliphatic rings. The third-order valence-electron chi connectivity index (χ3n) is 3.07. The second-order valence-corrected chi connectivity index (χ2v) is 4.80. The van der Waals surface area contributed by atoms with Crippen LogP contribution in [0.1, 0.15) is 35.6 Å². The average Bonchev–Trinajstić information content (AvgIpc) is 2.95. The van der Waals surface area contributed by atoms with Gasteiger partial charge in [-0.05, 0) is 24.6 Å². The van der Waals surface area contributed by atoms with Crippen LogP contribution in [-0.2, 0) is 0 Å². The molecule has 2 N–H and O–H groups in total. The number of pyridine rings is 1. The molecule has 0 radical (unpaired) electrons. The minimum Gasteiger partial charge on any atom is -0.343 e. The second kappa shape index (κ2) is 5.83. The molecule has 2 rings (SSSR count). The Kier molecular flexibility index (Phi) is 4.14. The van der Waals surface area contributed by atoms with Crippen LogP contribution >= 0.6 is 0 Å². The zero-order valence-corrected chi connectivity index (χ0v) is 11.9. The maximum Gasteiger partial charge on any atom is 0.273 e. The Morgan fingerprint density at radius 3 is 2.70 bits per heavy atom. The minimum atomic E-state index is -0.124. The first-order chi connectivity index (χ1) is 9.52. The largest absolute Gasteiger partial charge is 0.343 e. The van der Waals surface area contributed by atoms with E-state index in [1.165, 1.54) is 4.90 Å². The molecule has 6 heteroatoms. The van der Waals surface area contributed by atoms with E-state index in [1.54, 1.807) is 37.2 Å². The molecule has 2 heterocycles. The van der Waals surface area contributed by atoms with Crippen molar-refractivity contribution in [1.82, 2.24) is 19.7 Å². The van der Waals surface area contributed by atoms with Gasteiger partial charge in [-0.25, -0.2) is 4.68 Å². The average molecular weight is 273 g/mol. The van der Waals surface area contributed by atoms with E-state index in [9.17, 15) is 4.79 Å². The number of nitrogens with zero attached hydrogens (tertiary/aromatic N) is 4. The number of carbonyl (C=O) groups excluding carboxylic acids is 1. The van der Waals surface area contributed by atoms with Gasteiger partial charge in [0, 0.05) is 26.3 Å². The second-order valence-electron chi connectivity index (χ2n) is 4.80. The molecule has 0 aliphatic carbocycles. The third kappa shape index (κ3) is 2.85. The Bertz CT molecular complexity index is 588. The molecule has 2 aromatic rings. The fourth-order valence-electron chi connectivity index (χ4n) is 1.77. The van der Waals surface area contributed by atoms with Gasteiger partial charge in [0.1, 0.15) is 0 Å². The van der Waals surface area contributed by atoms with Crippen molar-refractivity contribution in [1.29, 1.82) is 0 Å². The predicted octanol–water partition coefficient (Wildman–Crippen LogP) is 1.38. The molecule has 0 saturated heterocycles. The highest BCUT2D eigenvalue weighted by atomic mass is 16.2. The van der Waals surface area contributed by atoms with Gasteiger partial charge in [0.2, 0.25) is 0 Å². The summed E-state index contributed by atoms with van der Waals surface area (Å²) in [6.45, 7) is 2.02. The van der Waals surface area contributed by atoms with E-state index >= 15 is 0 Å². The molecule has 1 amide bonds. The Hall–Kier alpha value is -2.21. The lowest BCUT2D eigenvalue weighted by molar-refractivity contribution is 0.0821. The van der Waals surface area contributed by atoms with Crippen LogP contribution in [-0.4, -0.2) is 39.7 Å². The fourth-order valence-corrected chi connectivity index (χ4v) is 1.77. The molecule has 0 aliphatic heterocycles. The Morgan fingerprint density at radius 1 is 1.40 bits per heavy atom. The van der Waals surface area contributed by atoms with E-state index in [2.05, 4.69) is 10.1 Å². The van der Waals surface area contributed by atoms with Gasteiger partial charge < -0.3 is 10.6 Å². The van der Waals surface area contributed by atoms with Crippen molar-refractivity contribution in [2.24, 2.45) is 5.73 Å². The van der Waals surface area contributed by atoms with Gasteiger partial charge in [-0.1, -0.05) is 6.92 Å². The number of aromatic nitrogens is 3. The Morgan fingerprint density at radius 2 is 2.15 bits per heavy atom. The van der Waals surface area contributed by atoms with Crippen molar-refractivity contribution in [2.75, 3.05) is 14.1 Å². The van der Waals surface area contributed by atoms with E-state index in [4.69, 9.17) is 5.73 Å². The molecular formula is C14H19N5O. The van der Waals surface area contributed by atoms with Gasteiger partial charge >= 0.3 is 0 Å². The van der Waals surface area contributed by atoms with Crippen LogP contribution in [0.4, 0.5) is 0 Å². The van der Waals surface area contributed by atoms with Gasteiger partial charge in [0.25, 0.3) is 5.91 Å². The lowest BCUT2D eigenvalue weighted by atomic mass is 10.1. The molecule has 0 fully saturated rings. The summed E-state index contributed by atoms with van der Waals surface area (Å²) in [5.41, 5.74) is 7.99. The molecule has 0 spiro atoms. The Balaban J connectivity index is 2.22. The van der Waals surface area contributed by atoms with Crippen LogP contribution in [0.15, 0.2) is 30.6 Å². The van der Waals surface area contributed by atoms with Crippen molar-refractivity contribution in [2.45, 2.75) is 19.4 Å². The molecule has 0 unspecified atom stereocenters. The molecule has 1 atom stereocenters. The van der Waals surface area contributed by atoms with Gasteiger partial charge in [-0.2, -0.15) is 5.10 Å². The van der Waals surface area contributed by atoms with Crippen molar-refractivity contribution in [3.63, 3.8) is 0 Å². The first-order valence-corrected chi connectivity index (χ1v) is 6.52. The van der Waals surface area contributed by atoms with E-state index < -0.39 is 0 Å². The first kappa shape index (κ1) is 14.2. The van der Waals surface area contributed by atoms with E-state index in [1.807, 2.05) is 19.1 Å². The van der Waals surface area contributed by atoms with Crippen molar-refractivity contribution < 1.29 is 4.79 Å². The van der Waals surface area contributed by atoms with Crippen LogP contribution in [0.5, 0.6) is 0 Å². The topological polar surface area (TPSA) is 77.0 Å². The highest BCUT2D eigenvalue weighted by molar-refractivity contribution is 5.91. The summed E-state index contributed by atoms with van der Waals surface area (Å²) in [4.78, 5) is 17.6. The molecule has 0 saturated carbocycles. The van der Waals surface area contributed by atoms with Gasteiger partial charge in [0.15, 0.2) is 5.69 Å². The van der Waals surface area contributed by atoms with Crippen LogP contribution in [0.2, 0.25) is 0 Å². The van der Waals surface area contributed by atoms with Crippen LogP contribution < -0.4 is 5.73 Å². The molecule has 20 heavy (non-hydrogen) atoms. The molecular weight excluding hydrogens is 254 g/mol. The van der Waals surface area contributed by atoms with Crippen molar-refractivity contribution >= 4 is 5.91 Å². The van der Waals surface area contributed by atoms with Gasteiger partial charge in [-0.3, -0.25) is 9.78 Å². The molecule has 106 valence electrons. The number of rotatable bonds is 4. The SMILES string of the molecule is CC[C@H](N)c1ccc(-n2ccc(C(=O)N(C)C)n2)cn1. The number of nitrogens with two attached hydrogens (primary N) is 1. The van der Waals surface area contributed by atoms with Crippen LogP contribution in [0.25, 0.3) is 5.69 Å². The zero-order chi connectivity index (χ0) is 14.7. The number of hydrogen-bond acceptors (Lipinski definition) is 4. The fraction of sp³-hybridized carbons (Fsp3) is 0.357. The lowest BCUT2D eigenvalue weighted by Gasteiger charge is -2.09. The van der Waals surface area contributed by atoms with E-state index in [-0.39, 0.29) is 11.9 Å².